The van der Waals surface area contributed by atoms with Crippen LogP contribution in [0.1, 0.15) is 65.7 Å². The molecular formula is C12H27NO2S. The average Bonchev–Trinajstić information content (AvgIpc) is 2.26. The summed E-state index contributed by atoms with van der Waals surface area (Å²) in [5, 5.41) is -0.271. The van der Waals surface area contributed by atoms with Gasteiger partial charge < -0.3 is 0 Å². The molecule has 0 aliphatic carbocycles. The van der Waals surface area contributed by atoms with Crippen LogP contribution in [0.15, 0.2) is 0 Å². The summed E-state index contributed by atoms with van der Waals surface area (Å²) in [5.41, 5.74) is 0. The van der Waals surface area contributed by atoms with E-state index in [0.29, 0.717) is 13.0 Å². The van der Waals surface area contributed by atoms with Gasteiger partial charge in [-0.05, 0) is 19.8 Å². The smallest absolute Gasteiger partial charge is 0.214 e. The number of nitrogens with one attached hydrogen (secondary N) is 1. The first-order chi connectivity index (χ1) is 7.54. The van der Waals surface area contributed by atoms with Crippen molar-refractivity contribution in [2.45, 2.75) is 71.0 Å². The Kier molecular flexibility index (Phi) is 8.94. The van der Waals surface area contributed by atoms with E-state index < -0.39 is 10.0 Å². The molecule has 0 aliphatic heterocycles. The summed E-state index contributed by atoms with van der Waals surface area (Å²) >= 11 is 0. The molecule has 0 aromatic rings. The van der Waals surface area contributed by atoms with Crippen molar-refractivity contribution < 1.29 is 8.42 Å². The third kappa shape index (κ3) is 7.23. The SMILES string of the molecule is CCCCCCCCNS(=O)(=O)C(C)CC. The van der Waals surface area contributed by atoms with E-state index in [-0.39, 0.29) is 5.25 Å². The second-order valence-corrected chi connectivity index (χ2v) is 6.61. The number of rotatable bonds is 10. The third-order valence-electron chi connectivity index (χ3n) is 2.94. The van der Waals surface area contributed by atoms with E-state index in [1.165, 1.54) is 25.7 Å². The average molecular weight is 249 g/mol. The highest BCUT2D eigenvalue weighted by atomic mass is 32.2. The zero-order valence-corrected chi connectivity index (χ0v) is 11.8. The van der Waals surface area contributed by atoms with Crippen molar-refractivity contribution in [1.29, 1.82) is 0 Å². The summed E-state index contributed by atoms with van der Waals surface area (Å²) in [6.45, 7) is 6.44. The van der Waals surface area contributed by atoms with Crippen molar-refractivity contribution in [3.05, 3.63) is 0 Å². The molecule has 0 fully saturated rings. The molecule has 0 aliphatic rings. The molecule has 0 rings (SSSR count). The first kappa shape index (κ1) is 15.9. The van der Waals surface area contributed by atoms with Crippen LogP contribution < -0.4 is 4.72 Å². The minimum Gasteiger partial charge on any atom is -0.215 e. The van der Waals surface area contributed by atoms with Crippen molar-refractivity contribution in [2.24, 2.45) is 0 Å². The number of unbranched alkanes of at least 4 members (excludes halogenated alkanes) is 5. The maximum Gasteiger partial charge on any atom is 0.214 e. The zero-order valence-electron chi connectivity index (χ0n) is 11.0. The highest BCUT2D eigenvalue weighted by Gasteiger charge is 2.17. The number of hydrogen-bond acceptors (Lipinski definition) is 2. The van der Waals surface area contributed by atoms with Crippen LogP contribution in [0.2, 0.25) is 0 Å². The summed E-state index contributed by atoms with van der Waals surface area (Å²) in [5.74, 6) is 0. The van der Waals surface area contributed by atoms with Crippen molar-refractivity contribution in [3.63, 3.8) is 0 Å². The molecule has 0 amide bonds. The molecule has 1 atom stereocenters. The molecule has 3 nitrogen and oxygen atoms in total. The van der Waals surface area contributed by atoms with Gasteiger partial charge >= 0.3 is 0 Å². The Hall–Kier alpha value is -0.0900. The van der Waals surface area contributed by atoms with E-state index in [1.54, 1.807) is 6.92 Å². The Bertz CT molecular complexity index is 250. The van der Waals surface area contributed by atoms with E-state index in [2.05, 4.69) is 11.6 Å². The van der Waals surface area contributed by atoms with Crippen LogP contribution in [0.25, 0.3) is 0 Å². The van der Waals surface area contributed by atoms with E-state index in [4.69, 9.17) is 0 Å². The lowest BCUT2D eigenvalue weighted by atomic mass is 10.1. The lowest BCUT2D eigenvalue weighted by molar-refractivity contribution is 0.555. The Balaban J connectivity index is 3.51. The summed E-state index contributed by atoms with van der Waals surface area (Å²) in [6, 6.07) is 0. The second-order valence-electron chi connectivity index (χ2n) is 4.43. The van der Waals surface area contributed by atoms with Gasteiger partial charge in [-0.1, -0.05) is 46.0 Å². The zero-order chi connectivity index (χ0) is 12.4. The van der Waals surface area contributed by atoms with E-state index in [0.717, 1.165) is 12.8 Å². The lowest BCUT2D eigenvalue weighted by Gasteiger charge is -2.11. The molecule has 0 aromatic carbocycles. The van der Waals surface area contributed by atoms with E-state index in [9.17, 15) is 8.42 Å². The first-order valence-electron chi connectivity index (χ1n) is 6.53. The quantitative estimate of drug-likeness (QED) is 0.605. The van der Waals surface area contributed by atoms with E-state index >= 15 is 0 Å². The molecule has 16 heavy (non-hydrogen) atoms. The molecule has 98 valence electrons. The Morgan fingerprint density at radius 2 is 1.56 bits per heavy atom. The van der Waals surface area contributed by atoms with Gasteiger partial charge in [0.05, 0.1) is 5.25 Å². The molecule has 0 spiro atoms. The third-order valence-corrected chi connectivity index (χ3v) is 4.94. The normalized spacial score (nSPS) is 13.9. The summed E-state index contributed by atoms with van der Waals surface area (Å²) < 4.78 is 25.8. The maximum atomic E-state index is 11.6. The largest absolute Gasteiger partial charge is 0.215 e. The van der Waals surface area contributed by atoms with Crippen LogP contribution in [0.5, 0.6) is 0 Å². The number of sulfonamides is 1. The second kappa shape index (κ2) is 8.99. The fourth-order valence-electron chi connectivity index (χ4n) is 1.48. The molecule has 4 heteroatoms. The summed E-state index contributed by atoms with van der Waals surface area (Å²) in [6.07, 6.45) is 7.79. The van der Waals surface area contributed by atoms with Gasteiger partial charge in [-0.3, -0.25) is 0 Å². The van der Waals surface area contributed by atoms with Crippen LogP contribution in [-0.4, -0.2) is 20.2 Å². The molecule has 0 aromatic heterocycles. The van der Waals surface area contributed by atoms with Gasteiger partial charge in [-0.15, -0.1) is 0 Å². The standard InChI is InChI=1S/C12H27NO2S/c1-4-6-7-8-9-10-11-13-16(14,15)12(3)5-2/h12-13H,4-11H2,1-3H3. The minimum absolute atomic E-state index is 0.271. The van der Waals surface area contributed by atoms with Crippen molar-refractivity contribution in [2.75, 3.05) is 6.54 Å². The van der Waals surface area contributed by atoms with Gasteiger partial charge in [0.2, 0.25) is 10.0 Å². The van der Waals surface area contributed by atoms with Gasteiger partial charge in [0.1, 0.15) is 0 Å². The first-order valence-corrected chi connectivity index (χ1v) is 8.07. The summed E-state index contributed by atoms with van der Waals surface area (Å²) in [4.78, 5) is 0. The predicted octanol–water partition coefficient (Wildman–Crippen LogP) is 3.06. The maximum absolute atomic E-state index is 11.6. The predicted molar refractivity (Wildman–Crippen MR) is 70.1 cm³/mol. The Labute approximate surface area is 101 Å². The topological polar surface area (TPSA) is 46.2 Å². The molecule has 0 saturated carbocycles. The van der Waals surface area contributed by atoms with Crippen molar-refractivity contribution in [3.8, 4) is 0 Å². The van der Waals surface area contributed by atoms with Gasteiger partial charge in [0, 0.05) is 6.54 Å². The molecule has 0 saturated heterocycles. The monoisotopic (exact) mass is 249 g/mol. The van der Waals surface area contributed by atoms with E-state index in [1.807, 2.05) is 6.92 Å². The van der Waals surface area contributed by atoms with Crippen LogP contribution in [0.3, 0.4) is 0 Å². The fourth-order valence-corrected chi connectivity index (χ4v) is 2.63. The molecule has 1 unspecified atom stereocenters. The van der Waals surface area contributed by atoms with Crippen LogP contribution in [-0.2, 0) is 10.0 Å². The molecule has 0 heterocycles. The highest BCUT2D eigenvalue weighted by Crippen LogP contribution is 2.06. The van der Waals surface area contributed by atoms with Gasteiger partial charge in [0.25, 0.3) is 0 Å². The minimum atomic E-state index is -3.06. The van der Waals surface area contributed by atoms with Crippen molar-refractivity contribution in [1.82, 2.24) is 4.72 Å². The Morgan fingerprint density at radius 1 is 1.00 bits per heavy atom. The van der Waals surface area contributed by atoms with Crippen molar-refractivity contribution >= 4 is 10.0 Å². The van der Waals surface area contributed by atoms with Crippen LogP contribution >= 0.6 is 0 Å². The van der Waals surface area contributed by atoms with Gasteiger partial charge in [0.15, 0.2) is 0 Å². The van der Waals surface area contributed by atoms with Crippen LogP contribution in [0, 0.1) is 0 Å². The molecule has 0 radical (unpaired) electrons. The van der Waals surface area contributed by atoms with Gasteiger partial charge in [-0.25, -0.2) is 13.1 Å². The Morgan fingerprint density at radius 3 is 2.12 bits per heavy atom. The molecule has 0 bridgehead atoms. The molecular weight excluding hydrogens is 222 g/mol. The molecule has 1 N–H and O–H groups in total. The van der Waals surface area contributed by atoms with Gasteiger partial charge in [-0.2, -0.15) is 0 Å². The summed E-state index contributed by atoms with van der Waals surface area (Å²) in [7, 11) is -3.06. The van der Waals surface area contributed by atoms with Crippen LogP contribution in [0.4, 0.5) is 0 Å². The number of hydrogen-bond donors (Lipinski definition) is 1. The highest BCUT2D eigenvalue weighted by molar-refractivity contribution is 7.90. The fraction of sp³-hybridized carbons (Fsp3) is 1.00. The lowest BCUT2D eigenvalue weighted by Crippen LogP contribution is -2.32.